The summed E-state index contributed by atoms with van der Waals surface area (Å²) in [5, 5.41) is 28.1. The lowest BCUT2D eigenvalue weighted by Gasteiger charge is -2.16. The molecule has 9 nitrogen and oxygen atoms in total. The van der Waals surface area contributed by atoms with Crippen LogP contribution in [0.1, 0.15) is 6.23 Å². The molecule has 2 heterocycles. The van der Waals surface area contributed by atoms with Crippen LogP contribution in [0.15, 0.2) is 11.1 Å². The molecule has 0 bridgehead atoms. The average molecular weight is 244 g/mol. The van der Waals surface area contributed by atoms with E-state index < -0.39 is 36.8 Å². The maximum absolute atomic E-state index is 11.5. The van der Waals surface area contributed by atoms with Gasteiger partial charge in [0.05, 0.1) is 6.61 Å². The molecule has 0 aromatic carbocycles. The Morgan fingerprint density at radius 1 is 1.47 bits per heavy atom. The van der Waals surface area contributed by atoms with Crippen molar-refractivity contribution in [3.05, 3.63) is 16.8 Å². The highest BCUT2D eigenvalue weighted by molar-refractivity contribution is 5.10. The SMILES string of the molecule is Nc1ncn([C@@H]2O[C@@H](CO)[C@@H](O)[C@H]2O)c(=O)n1. The van der Waals surface area contributed by atoms with Crippen LogP contribution in [-0.2, 0) is 4.74 Å². The van der Waals surface area contributed by atoms with Gasteiger partial charge in [0, 0.05) is 0 Å². The van der Waals surface area contributed by atoms with Crippen LogP contribution >= 0.6 is 0 Å². The molecule has 0 saturated carbocycles. The number of aliphatic hydroxyl groups excluding tert-OH is 3. The first-order valence-electron chi connectivity index (χ1n) is 4.87. The van der Waals surface area contributed by atoms with Gasteiger partial charge in [-0.25, -0.2) is 9.78 Å². The summed E-state index contributed by atoms with van der Waals surface area (Å²) in [6.07, 6.45) is -3.67. The molecule has 5 N–H and O–H groups in total. The van der Waals surface area contributed by atoms with E-state index in [1.807, 2.05) is 0 Å². The fraction of sp³-hybridized carbons (Fsp3) is 0.625. The minimum Gasteiger partial charge on any atom is -0.394 e. The van der Waals surface area contributed by atoms with Gasteiger partial charge in [0.25, 0.3) is 0 Å². The fourth-order valence-corrected chi connectivity index (χ4v) is 1.64. The van der Waals surface area contributed by atoms with Gasteiger partial charge in [0.15, 0.2) is 6.23 Å². The van der Waals surface area contributed by atoms with Crippen LogP contribution in [0.3, 0.4) is 0 Å². The molecule has 1 saturated heterocycles. The van der Waals surface area contributed by atoms with Crippen molar-refractivity contribution >= 4 is 5.95 Å². The van der Waals surface area contributed by atoms with Gasteiger partial charge in [0.1, 0.15) is 24.6 Å². The Bertz CT molecular complexity index is 463. The summed E-state index contributed by atoms with van der Waals surface area (Å²) in [4.78, 5) is 18.4. The Hall–Kier alpha value is -1.55. The van der Waals surface area contributed by atoms with Crippen molar-refractivity contribution in [1.29, 1.82) is 0 Å². The van der Waals surface area contributed by atoms with Crippen LogP contribution in [0.25, 0.3) is 0 Å². The molecule has 2 rings (SSSR count). The van der Waals surface area contributed by atoms with Gasteiger partial charge in [-0.2, -0.15) is 4.98 Å². The van der Waals surface area contributed by atoms with Crippen molar-refractivity contribution < 1.29 is 20.1 Å². The highest BCUT2D eigenvalue weighted by Crippen LogP contribution is 2.27. The molecule has 1 fully saturated rings. The van der Waals surface area contributed by atoms with E-state index >= 15 is 0 Å². The van der Waals surface area contributed by atoms with E-state index in [2.05, 4.69) is 9.97 Å². The number of nitrogen functional groups attached to an aromatic ring is 1. The first kappa shape index (κ1) is 11.9. The Balaban J connectivity index is 2.32. The van der Waals surface area contributed by atoms with E-state index in [0.29, 0.717) is 0 Å². The van der Waals surface area contributed by atoms with E-state index in [0.717, 1.165) is 10.9 Å². The predicted molar refractivity (Wildman–Crippen MR) is 53.7 cm³/mol. The van der Waals surface area contributed by atoms with Gasteiger partial charge in [-0.3, -0.25) is 4.57 Å². The molecule has 1 aliphatic rings. The van der Waals surface area contributed by atoms with Gasteiger partial charge < -0.3 is 25.8 Å². The third kappa shape index (κ3) is 2.00. The number of hydrogen-bond donors (Lipinski definition) is 4. The summed E-state index contributed by atoms with van der Waals surface area (Å²) in [7, 11) is 0. The van der Waals surface area contributed by atoms with Crippen molar-refractivity contribution in [2.75, 3.05) is 12.3 Å². The van der Waals surface area contributed by atoms with Gasteiger partial charge in [-0.05, 0) is 0 Å². The second-order valence-corrected chi connectivity index (χ2v) is 3.63. The number of nitrogens with two attached hydrogens (primary N) is 1. The van der Waals surface area contributed by atoms with Crippen LogP contribution in [0, 0.1) is 0 Å². The lowest BCUT2D eigenvalue weighted by Crippen LogP contribution is -2.36. The van der Waals surface area contributed by atoms with E-state index in [1.54, 1.807) is 0 Å². The molecular weight excluding hydrogens is 232 g/mol. The number of anilines is 1. The third-order valence-corrected chi connectivity index (χ3v) is 2.54. The fourth-order valence-electron chi connectivity index (χ4n) is 1.64. The standard InChI is InChI=1S/C8H12N4O5/c9-7-10-2-12(8(16)11-7)6-5(15)4(14)3(1-13)17-6/h2-6,13-15H,1H2,(H2,9,11,16)/t3-,4+,5+,6+/m0/s1. The van der Waals surface area contributed by atoms with Gasteiger partial charge in [-0.15, -0.1) is 0 Å². The van der Waals surface area contributed by atoms with Crippen molar-refractivity contribution in [3.8, 4) is 0 Å². The number of nitrogens with zero attached hydrogens (tertiary/aromatic N) is 3. The number of ether oxygens (including phenoxy) is 1. The zero-order chi connectivity index (χ0) is 12.6. The van der Waals surface area contributed by atoms with Crippen LogP contribution in [-0.4, -0.2) is 54.8 Å². The predicted octanol–water partition coefficient (Wildman–Crippen LogP) is -3.17. The molecule has 17 heavy (non-hydrogen) atoms. The van der Waals surface area contributed by atoms with Crippen molar-refractivity contribution in [2.24, 2.45) is 0 Å². The highest BCUT2D eigenvalue weighted by atomic mass is 16.6. The first-order chi connectivity index (χ1) is 8.04. The molecular formula is C8H12N4O5. The minimum absolute atomic E-state index is 0.196. The maximum Gasteiger partial charge on any atom is 0.354 e. The molecule has 0 unspecified atom stereocenters. The van der Waals surface area contributed by atoms with Crippen molar-refractivity contribution in [2.45, 2.75) is 24.5 Å². The highest BCUT2D eigenvalue weighted by Gasteiger charge is 2.43. The van der Waals surface area contributed by atoms with Crippen molar-refractivity contribution in [3.63, 3.8) is 0 Å². The topological polar surface area (TPSA) is 144 Å². The Morgan fingerprint density at radius 2 is 2.18 bits per heavy atom. The quantitative estimate of drug-likeness (QED) is 0.426. The number of hydrogen-bond acceptors (Lipinski definition) is 8. The van der Waals surface area contributed by atoms with Gasteiger partial charge >= 0.3 is 5.69 Å². The van der Waals surface area contributed by atoms with Crippen LogP contribution in [0.2, 0.25) is 0 Å². The zero-order valence-electron chi connectivity index (χ0n) is 8.67. The normalized spacial score (nSPS) is 32.9. The van der Waals surface area contributed by atoms with Gasteiger partial charge in [-0.1, -0.05) is 0 Å². The largest absolute Gasteiger partial charge is 0.394 e. The Morgan fingerprint density at radius 3 is 2.71 bits per heavy atom. The Labute approximate surface area is 95.1 Å². The number of rotatable bonds is 2. The molecule has 0 radical (unpaired) electrons. The monoisotopic (exact) mass is 244 g/mol. The zero-order valence-corrected chi connectivity index (χ0v) is 8.67. The van der Waals surface area contributed by atoms with E-state index in [-0.39, 0.29) is 5.95 Å². The molecule has 0 aliphatic carbocycles. The third-order valence-electron chi connectivity index (χ3n) is 2.54. The van der Waals surface area contributed by atoms with E-state index in [4.69, 9.17) is 15.6 Å². The summed E-state index contributed by atoms with van der Waals surface area (Å²) in [5.74, 6) is -0.196. The number of aromatic nitrogens is 3. The Kier molecular flexibility index (Phi) is 3.07. The lowest BCUT2D eigenvalue weighted by atomic mass is 10.1. The second-order valence-electron chi connectivity index (χ2n) is 3.63. The molecule has 4 atom stereocenters. The molecule has 1 aromatic rings. The average Bonchev–Trinajstić information content (AvgIpc) is 2.57. The summed E-state index contributed by atoms with van der Waals surface area (Å²) in [5.41, 5.74) is 4.46. The first-order valence-corrected chi connectivity index (χ1v) is 4.87. The molecule has 0 spiro atoms. The van der Waals surface area contributed by atoms with Crippen molar-refractivity contribution in [1.82, 2.24) is 14.5 Å². The van der Waals surface area contributed by atoms with E-state index in [1.165, 1.54) is 0 Å². The smallest absolute Gasteiger partial charge is 0.354 e. The summed E-state index contributed by atoms with van der Waals surface area (Å²) in [6, 6.07) is 0. The lowest BCUT2D eigenvalue weighted by molar-refractivity contribution is -0.0554. The van der Waals surface area contributed by atoms with E-state index in [9.17, 15) is 15.0 Å². The second kappa shape index (κ2) is 4.37. The summed E-state index contributed by atoms with van der Waals surface area (Å²) >= 11 is 0. The molecule has 9 heteroatoms. The summed E-state index contributed by atoms with van der Waals surface area (Å²) < 4.78 is 6.04. The number of aliphatic hydroxyl groups is 3. The van der Waals surface area contributed by atoms with Crippen LogP contribution < -0.4 is 11.4 Å². The van der Waals surface area contributed by atoms with Crippen LogP contribution in [0.4, 0.5) is 5.95 Å². The molecule has 94 valence electrons. The molecule has 1 aromatic heterocycles. The molecule has 0 amide bonds. The van der Waals surface area contributed by atoms with Crippen LogP contribution in [0.5, 0.6) is 0 Å². The van der Waals surface area contributed by atoms with Gasteiger partial charge in [0.2, 0.25) is 5.95 Å². The summed E-state index contributed by atoms with van der Waals surface area (Å²) in [6.45, 7) is -0.473. The maximum atomic E-state index is 11.5. The molecule has 1 aliphatic heterocycles. The minimum atomic E-state index is -1.35.